The fourth-order valence-corrected chi connectivity index (χ4v) is 2.06. The lowest BCUT2D eigenvalue weighted by molar-refractivity contribution is 0.390. The van der Waals surface area contributed by atoms with Crippen molar-refractivity contribution in [3.05, 3.63) is 11.3 Å². The lowest BCUT2D eigenvalue weighted by atomic mass is 9.87. The van der Waals surface area contributed by atoms with Gasteiger partial charge in [-0.15, -0.1) is 0 Å². The van der Waals surface area contributed by atoms with Crippen LogP contribution in [-0.2, 0) is 18.4 Å². The Labute approximate surface area is 105 Å². The lowest BCUT2D eigenvalue weighted by Crippen LogP contribution is -2.15. The van der Waals surface area contributed by atoms with E-state index in [2.05, 4.69) is 46.6 Å². The summed E-state index contributed by atoms with van der Waals surface area (Å²) in [7, 11) is 0. The highest BCUT2D eigenvalue weighted by molar-refractivity contribution is 5.35. The fourth-order valence-electron chi connectivity index (χ4n) is 2.06. The molecule has 0 fully saturated rings. The maximum absolute atomic E-state index is 10.3. The summed E-state index contributed by atoms with van der Waals surface area (Å²) in [4.78, 5) is 0. The molecule has 0 bridgehead atoms. The normalized spacial score (nSPS) is 12.4. The number of rotatable bonds is 4. The third kappa shape index (κ3) is 3.24. The van der Waals surface area contributed by atoms with E-state index in [1.54, 1.807) is 4.68 Å². The van der Waals surface area contributed by atoms with Crippen molar-refractivity contribution in [3.63, 3.8) is 0 Å². The summed E-state index contributed by atoms with van der Waals surface area (Å²) >= 11 is 0. The standard InChI is InChI=1S/C14H26N2O/c1-7-8-16-13(17)11(9-10(2)3)12(15-16)14(4,5)6/h10,17H,7-9H2,1-6H3. The summed E-state index contributed by atoms with van der Waals surface area (Å²) in [6.07, 6.45) is 1.88. The number of nitrogens with zero attached hydrogens (tertiary/aromatic N) is 2. The first kappa shape index (κ1) is 14.1. The van der Waals surface area contributed by atoms with Gasteiger partial charge in [-0.1, -0.05) is 41.5 Å². The van der Waals surface area contributed by atoms with Crippen molar-refractivity contribution in [1.29, 1.82) is 0 Å². The van der Waals surface area contributed by atoms with Crippen LogP contribution in [0.4, 0.5) is 0 Å². The fraction of sp³-hybridized carbons (Fsp3) is 0.786. The van der Waals surface area contributed by atoms with Crippen molar-refractivity contribution in [2.45, 2.75) is 66.3 Å². The molecule has 1 rings (SSSR count). The van der Waals surface area contributed by atoms with Crippen LogP contribution >= 0.6 is 0 Å². The summed E-state index contributed by atoms with van der Waals surface area (Å²) in [5, 5.41) is 14.8. The Morgan fingerprint density at radius 3 is 2.29 bits per heavy atom. The van der Waals surface area contributed by atoms with Crippen molar-refractivity contribution in [2.75, 3.05) is 0 Å². The van der Waals surface area contributed by atoms with Crippen molar-refractivity contribution < 1.29 is 5.11 Å². The molecule has 0 amide bonds. The molecule has 0 atom stereocenters. The second kappa shape index (κ2) is 5.11. The van der Waals surface area contributed by atoms with Gasteiger partial charge in [0.05, 0.1) is 5.69 Å². The van der Waals surface area contributed by atoms with Crippen molar-refractivity contribution in [2.24, 2.45) is 5.92 Å². The van der Waals surface area contributed by atoms with Crippen LogP contribution in [0.1, 0.15) is 59.2 Å². The van der Waals surface area contributed by atoms with Crippen LogP contribution in [0.2, 0.25) is 0 Å². The molecule has 0 radical (unpaired) electrons. The van der Waals surface area contributed by atoms with E-state index >= 15 is 0 Å². The summed E-state index contributed by atoms with van der Waals surface area (Å²) in [6, 6.07) is 0. The molecule has 1 aromatic rings. The predicted molar refractivity (Wildman–Crippen MR) is 71.4 cm³/mol. The van der Waals surface area contributed by atoms with E-state index in [0.717, 1.165) is 30.6 Å². The first-order valence-corrected chi connectivity index (χ1v) is 6.56. The molecule has 0 aromatic carbocycles. The van der Waals surface area contributed by atoms with E-state index in [-0.39, 0.29) is 5.41 Å². The molecular weight excluding hydrogens is 212 g/mol. The molecule has 17 heavy (non-hydrogen) atoms. The smallest absolute Gasteiger partial charge is 0.212 e. The molecule has 3 nitrogen and oxygen atoms in total. The van der Waals surface area contributed by atoms with Crippen molar-refractivity contribution in [3.8, 4) is 5.88 Å². The van der Waals surface area contributed by atoms with Gasteiger partial charge in [-0.3, -0.25) is 0 Å². The topological polar surface area (TPSA) is 38.0 Å². The van der Waals surface area contributed by atoms with Crippen molar-refractivity contribution in [1.82, 2.24) is 9.78 Å². The molecular formula is C14H26N2O. The zero-order valence-electron chi connectivity index (χ0n) is 12.0. The van der Waals surface area contributed by atoms with Gasteiger partial charge >= 0.3 is 0 Å². The first-order valence-electron chi connectivity index (χ1n) is 6.56. The second-order valence-electron chi connectivity index (χ2n) is 6.22. The van der Waals surface area contributed by atoms with Gasteiger partial charge in [0.15, 0.2) is 0 Å². The molecule has 3 heteroatoms. The minimum atomic E-state index is -0.0132. The van der Waals surface area contributed by atoms with Gasteiger partial charge in [-0.05, 0) is 18.8 Å². The zero-order valence-corrected chi connectivity index (χ0v) is 12.0. The molecule has 0 aliphatic heterocycles. The van der Waals surface area contributed by atoms with E-state index in [1.165, 1.54) is 0 Å². The highest BCUT2D eigenvalue weighted by Crippen LogP contribution is 2.32. The van der Waals surface area contributed by atoms with Gasteiger partial charge in [0.25, 0.3) is 0 Å². The monoisotopic (exact) mass is 238 g/mol. The average Bonchev–Trinajstić information content (AvgIpc) is 2.45. The predicted octanol–water partition coefficient (Wildman–Crippen LogP) is 3.49. The van der Waals surface area contributed by atoms with E-state index < -0.39 is 0 Å². The van der Waals surface area contributed by atoms with Gasteiger partial charge in [0, 0.05) is 17.5 Å². The van der Waals surface area contributed by atoms with Crippen LogP contribution < -0.4 is 0 Å². The Kier molecular flexibility index (Phi) is 4.23. The number of aromatic hydroxyl groups is 1. The molecule has 0 aliphatic rings. The van der Waals surface area contributed by atoms with Crippen LogP contribution in [0.25, 0.3) is 0 Å². The Balaban J connectivity index is 3.22. The highest BCUT2D eigenvalue weighted by Gasteiger charge is 2.26. The van der Waals surface area contributed by atoms with E-state index in [9.17, 15) is 5.11 Å². The Hall–Kier alpha value is -0.990. The number of aromatic nitrogens is 2. The lowest BCUT2D eigenvalue weighted by Gasteiger charge is -2.18. The molecule has 0 saturated heterocycles. The van der Waals surface area contributed by atoms with E-state index in [4.69, 9.17) is 0 Å². The number of aryl methyl sites for hydroxylation is 1. The summed E-state index contributed by atoms with van der Waals surface area (Å²) < 4.78 is 1.75. The first-order chi connectivity index (χ1) is 7.77. The minimum Gasteiger partial charge on any atom is -0.493 e. The van der Waals surface area contributed by atoms with Crippen LogP contribution in [0.15, 0.2) is 0 Å². The largest absolute Gasteiger partial charge is 0.493 e. The van der Waals surface area contributed by atoms with Gasteiger partial charge in [0.2, 0.25) is 5.88 Å². The summed E-state index contributed by atoms with van der Waals surface area (Å²) in [6.45, 7) is 13.7. The number of hydrogen-bond acceptors (Lipinski definition) is 2. The SMILES string of the molecule is CCCn1nc(C(C)(C)C)c(CC(C)C)c1O. The van der Waals surface area contributed by atoms with E-state index in [1.807, 2.05) is 0 Å². The molecule has 98 valence electrons. The quantitative estimate of drug-likeness (QED) is 0.872. The average molecular weight is 238 g/mol. The molecule has 1 heterocycles. The van der Waals surface area contributed by atoms with Gasteiger partial charge in [-0.2, -0.15) is 5.10 Å². The molecule has 1 N–H and O–H groups in total. The van der Waals surface area contributed by atoms with Crippen molar-refractivity contribution >= 4 is 0 Å². The summed E-state index contributed by atoms with van der Waals surface area (Å²) in [5.41, 5.74) is 2.05. The molecule has 1 aromatic heterocycles. The Bertz CT molecular complexity index is 372. The molecule has 0 aliphatic carbocycles. The minimum absolute atomic E-state index is 0.0132. The second-order valence-corrected chi connectivity index (χ2v) is 6.22. The maximum Gasteiger partial charge on any atom is 0.212 e. The molecule has 0 spiro atoms. The van der Waals surface area contributed by atoms with Crippen LogP contribution in [0.5, 0.6) is 5.88 Å². The summed E-state index contributed by atoms with van der Waals surface area (Å²) in [5.74, 6) is 0.895. The van der Waals surface area contributed by atoms with Crippen LogP contribution in [-0.4, -0.2) is 14.9 Å². The van der Waals surface area contributed by atoms with Gasteiger partial charge in [0.1, 0.15) is 0 Å². The van der Waals surface area contributed by atoms with Crippen LogP contribution in [0.3, 0.4) is 0 Å². The Morgan fingerprint density at radius 1 is 1.29 bits per heavy atom. The third-order valence-electron chi connectivity index (χ3n) is 2.78. The Morgan fingerprint density at radius 2 is 1.88 bits per heavy atom. The number of hydrogen-bond donors (Lipinski definition) is 1. The maximum atomic E-state index is 10.3. The third-order valence-corrected chi connectivity index (χ3v) is 2.78. The van der Waals surface area contributed by atoms with Gasteiger partial charge < -0.3 is 5.11 Å². The molecule has 0 saturated carbocycles. The zero-order chi connectivity index (χ0) is 13.2. The van der Waals surface area contributed by atoms with Gasteiger partial charge in [-0.25, -0.2) is 4.68 Å². The van der Waals surface area contributed by atoms with Crippen LogP contribution in [0, 0.1) is 5.92 Å². The van der Waals surface area contributed by atoms with E-state index in [0.29, 0.717) is 11.8 Å². The molecule has 0 unspecified atom stereocenters. The highest BCUT2D eigenvalue weighted by atomic mass is 16.3.